The van der Waals surface area contributed by atoms with Crippen molar-refractivity contribution >= 4 is 55.9 Å². The first kappa shape index (κ1) is 24.7. The molecule has 2 heteroatoms. The Kier molecular flexibility index (Phi) is 5.24. The van der Waals surface area contributed by atoms with Gasteiger partial charge >= 0.3 is 0 Å². The average molecular weight is 562 g/mol. The summed E-state index contributed by atoms with van der Waals surface area (Å²) in [4.78, 5) is 0. The number of rotatable bonds is 2. The quantitative estimate of drug-likeness (QED) is 0.192. The number of aromatic nitrogens is 1. The van der Waals surface area contributed by atoms with Gasteiger partial charge in [0.2, 0.25) is 0 Å². The van der Waals surface area contributed by atoms with Crippen molar-refractivity contribution in [2.45, 2.75) is 0 Å². The second-order valence-corrected chi connectivity index (χ2v) is 11.4. The van der Waals surface area contributed by atoms with Gasteiger partial charge in [-0.1, -0.05) is 116 Å². The summed E-state index contributed by atoms with van der Waals surface area (Å²) in [6.45, 7) is 8.62. The minimum atomic E-state index is 0.832. The second kappa shape index (κ2) is 9.32. The van der Waals surface area contributed by atoms with Crippen molar-refractivity contribution in [2.24, 2.45) is 0 Å². The molecule has 0 bridgehead atoms. The predicted molar refractivity (Wildman–Crippen MR) is 186 cm³/mol. The van der Waals surface area contributed by atoms with E-state index in [0.29, 0.717) is 0 Å². The molecule has 1 aliphatic heterocycles. The van der Waals surface area contributed by atoms with Crippen LogP contribution in [-0.2, 0) is 0 Å². The summed E-state index contributed by atoms with van der Waals surface area (Å²) in [5.41, 5.74) is 6.63. The molecule has 0 fully saturated rings. The third-order valence-corrected chi connectivity index (χ3v) is 9.09. The van der Waals surface area contributed by atoms with Crippen LogP contribution >= 0.6 is 0 Å². The van der Waals surface area contributed by atoms with Gasteiger partial charge in [-0.05, 0) is 79.9 Å². The fraction of sp³-hybridized carbons (Fsp3) is 0. The number of hydrogen-bond acceptors (Lipinski definition) is 1. The van der Waals surface area contributed by atoms with Gasteiger partial charge in [0.25, 0.3) is 0 Å². The van der Waals surface area contributed by atoms with E-state index in [-0.39, 0.29) is 0 Å². The zero-order valence-electron chi connectivity index (χ0n) is 24.0. The van der Waals surface area contributed by atoms with Crippen LogP contribution in [-0.4, -0.2) is 4.57 Å². The van der Waals surface area contributed by atoms with Crippen LogP contribution in [0.2, 0.25) is 0 Å². The van der Waals surface area contributed by atoms with Crippen molar-refractivity contribution in [3.05, 3.63) is 151 Å². The van der Waals surface area contributed by atoms with Crippen molar-refractivity contribution in [2.75, 3.05) is 0 Å². The molecule has 44 heavy (non-hydrogen) atoms. The van der Waals surface area contributed by atoms with Crippen molar-refractivity contribution in [1.82, 2.24) is 4.57 Å². The topological polar surface area (TPSA) is 14.2 Å². The summed E-state index contributed by atoms with van der Waals surface area (Å²) >= 11 is 0. The Balaban J connectivity index is 1.39. The van der Waals surface area contributed by atoms with E-state index in [1.807, 2.05) is 18.2 Å². The van der Waals surface area contributed by atoms with Gasteiger partial charge in [-0.3, -0.25) is 0 Å². The normalized spacial score (nSPS) is 12.6. The van der Waals surface area contributed by atoms with Crippen LogP contribution in [0.4, 0.5) is 0 Å². The Bertz CT molecular complexity index is 2590. The Morgan fingerprint density at radius 2 is 1.07 bits per heavy atom. The third kappa shape index (κ3) is 3.43. The van der Waals surface area contributed by atoms with Crippen molar-refractivity contribution < 1.29 is 4.74 Å². The van der Waals surface area contributed by atoms with E-state index in [9.17, 15) is 0 Å². The van der Waals surface area contributed by atoms with E-state index < -0.39 is 0 Å². The molecule has 0 amide bonds. The van der Waals surface area contributed by atoms with Gasteiger partial charge < -0.3 is 9.30 Å². The monoisotopic (exact) mass is 561 g/mol. The number of allylic oxidation sites excluding steroid dienone is 1. The van der Waals surface area contributed by atoms with Gasteiger partial charge in [0.15, 0.2) is 0 Å². The van der Waals surface area contributed by atoms with Crippen LogP contribution in [0.25, 0.3) is 83.8 Å². The fourth-order valence-corrected chi connectivity index (χ4v) is 7.14. The molecule has 9 rings (SSSR count). The highest BCUT2D eigenvalue weighted by Gasteiger charge is 2.23. The summed E-state index contributed by atoms with van der Waals surface area (Å²) in [7, 11) is 0. The van der Waals surface area contributed by atoms with E-state index in [4.69, 9.17) is 4.74 Å². The molecule has 0 saturated heterocycles. The number of nitrogens with zero attached hydrogens (tertiary/aromatic N) is 1. The Morgan fingerprint density at radius 1 is 0.500 bits per heavy atom. The van der Waals surface area contributed by atoms with E-state index in [1.165, 1.54) is 32.3 Å². The van der Waals surface area contributed by atoms with Crippen LogP contribution in [0.1, 0.15) is 0 Å². The minimum Gasteiger partial charge on any atom is -0.456 e. The number of hydrogen-bond donors (Lipinski definition) is 0. The number of ether oxygens (including phenoxy) is 1. The molecule has 2 nitrogen and oxygen atoms in total. The first-order valence-electron chi connectivity index (χ1n) is 14.9. The zero-order valence-corrected chi connectivity index (χ0v) is 24.0. The van der Waals surface area contributed by atoms with E-state index in [2.05, 4.69) is 139 Å². The molecule has 206 valence electrons. The van der Waals surface area contributed by atoms with Crippen LogP contribution in [0, 0.1) is 0 Å². The Hall–Kier alpha value is -5.86. The van der Waals surface area contributed by atoms with Crippen LogP contribution < -0.4 is 15.3 Å². The maximum atomic E-state index is 6.64. The molecule has 0 saturated carbocycles. The molecule has 0 radical (unpaired) electrons. The smallest absolute Gasteiger partial charge is 0.136 e. The zero-order chi connectivity index (χ0) is 29.4. The van der Waals surface area contributed by atoms with Gasteiger partial charge in [0.05, 0.1) is 10.9 Å². The second-order valence-electron chi connectivity index (χ2n) is 11.4. The highest BCUT2D eigenvalue weighted by atomic mass is 16.5. The number of benzene rings is 7. The van der Waals surface area contributed by atoms with Crippen molar-refractivity contribution in [3.63, 3.8) is 0 Å². The lowest BCUT2D eigenvalue weighted by Crippen LogP contribution is -2.26. The van der Waals surface area contributed by atoms with Crippen molar-refractivity contribution in [1.29, 1.82) is 0 Å². The van der Waals surface area contributed by atoms with Crippen LogP contribution in [0.5, 0.6) is 11.5 Å². The highest BCUT2D eigenvalue weighted by Crippen LogP contribution is 2.47. The fourth-order valence-electron chi connectivity index (χ4n) is 7.14. The summed E-state index contributed by atoms with van der Waals surface area (Å²) < 4.78 is 8.97. The van der Waals surface area contributed by atoms with Gasteiger partial charge in [0.1, 0.15) is 11.5 Å². The molecule has 0 N–H and O–H groups in total. The lowest BCUT2D eigenvalue weighted by atomic mass is 9.94. The summed E-state index contributed by atoms with van der Waals surface area (Å²) in [5.74, 6) is 1.69. The molecule has 1 aliphatic rings. The highest BCUT2D eigenvalue weighted by molar-refractivity contribution is 6.25. The summed E-state index contributed by atoms with van der Waals surface area (Å²) in [6.07, 6.45) is 3.90. The first-order chi connectivity index (χ1) is 21.7. The SMILES string of the molecule is C=C/C=c1\c(=C)c2cc3c(cc2n1-c1ccc2c4ccccc4c4ccccc4c2c1)-c1ccccc1-c1ccccc1O3. The maximum Gasteiger partial charge on any atom is 0.136 e. The molecule has 0 aliphatic carbocycles. The number of para-hydroxylation sites is 1. The molecule has 1 aromatic heterocycles. The number of fused-ring (bicyclic) bond motifs is 12. The maximum absolute atomic E-state index is 6.64. The van der Waals surface area contributed by atoms with Crippen LogP contribution in [0.3, 0.4) is 0 Å². The third-order valence-electron chi connectivity index (χ3n) is 9.09. The first-order valence-corrected chi connectivity index (χ1v) is 14.9. The summed E-state index contributed by atoms with van der Waals surface area (Å²) in [6, 6.07) is 45.5. The van der Waals surface area contributed by atoms with Gasteiger partial charge in [-0.2, -0.15) is 0 Å². The molecule has 7 aromatic carbocycles. The molecule has 0 unspecified atom stereocenters. The van der Waals surface area contributed by atoms with E-state index in [0.717, 1.165) is 60.9 Å². The minimum absolute atomic E-state index is 0.832. The lowest BCUT2D eigenvalue weighted by Gasteiger charge is -2.14. The largest absolute Gasteiger partial charge is 0.456 e. The molecular formula is C42H27NO. The molecule has 8 aromatic rings. The molecule has 0 atom stereocenters. The summed E-state index contributed by atoms with van der Waals surface area (Å²) in [5, 5.41) is 10.5. The lowest BCUT2D eigenvalue weighted by molar-refractivity contribution is 0.488. The van der Waals surface area contributed by atoms with E-state index >= 15 is 0 Å². The standard InChI is InChI=1S/C42H27NO/c1-3-12-39-26(2)36-25-42-38(33-18-9-7-16-31(33)35-19-10-11-20-41(35)44-42)24-40(36)43(39)27-21-22-34-30-15-5-4-13-28(30)29-14-6-8-17-32(29)37(34)23-27/h3-25H,1-2H2/b39-12+. The van der Waals surface area contributed by atoms with E-state index in [1.54, 1.807) is 0 Å². The van der Waals surface area contributed by atoms with Crippen molar-refractivity contribution in [3.8, 4) is 39.4 Å². The van der Waals surface area contributed by atoms with Gasteiger partial charge in [0, 0.05) is 27.4 Å². The van der Waals surface area contributed by atoms with Gasteiger partial charge in [-0.15, -0.1) is 0 Å². The Labute approximate surface area is 254 Å². The van der Waals surface area contributed by atoms with Gasteiger partial charge in [-0.25, -0.2) is 0 Å². The predicted octanol–water partition coefficient (Wildman–Crippen LogP) is 9.91. The van der Waals surface area contributed by atoms with Crippen LogP contribution in [0.15, 0.2) is 140 Å². The molecule has 2 heterocycles. The average Bonchev–Trinajstić information content (AvgIpc) is 3.25. The molecule has 0 spiro atoms. The molecular weight excluding hydrogens is 534 g/mol. The Morgan fingerprint density at radius 3 is 1.75 bits per heavy atom.